The Hall–Kier alpha value is -1.50. The number of alkyl halides is 3. The second-order valence-corrected chi connectivity index (χ2v) is 4.15. The van der Waals surface area contributed by atoms with Crippen molar-refractivity contribution < 1.29 is 31.8 Å². The SMILES string of the molecule is CCC(COc1cc(C(F)(F)F)ccc1F)OC(=O)Cl. The lowest BCUT2D eigenvalue weighted by atomic mass is 10.2. The summed E-state index contributed by atoms with van der Waals surface area (Å²) in [7, 11) is 0. The van der Waals surface area contributed by atoms with Crippen molar-refractivity contribution in [1.29, 1.82) is 0 Å². The first-order valence-corrected chi connectivity index (χ1v) is 5.97. The normalized spacial score (nSPS) is 12.9. The molecule has 0 N–H and O–H groups in total. The summed E-state index contributed by atoms with van der Waals surface area (Å²) in [6.07, 6.45) is -5.05. The molecule has 0 aliphatic rings. The highest BCUT2D eigenvalue weighted by molar-refractivity contribution is 6.61. The summed E-state index contributed by atoms with van der Waals surface area (Å²) in [5.41, 5.74) is -2.10. The van der Waals surface area contributed by atoms with Crippen LogP contribution >= 0.6 is 11.6 Å². The fraction of sp³-hybridized carbons (Fsp3) is 0.417. The van der Waals surface area contributed by atoms with E-state index < -0.39 is 34.8 Å². The second-order valence-electron chi connectivity index (χ2n) is 3.84. The van der Waals surface area contributed by atoms with Gasteiger partial charge in [0.2, 0.25) is 0 Å². The van der Waals surface area contributed by atoms with Crippen molar-refractivity contribution in [2.45, 2.75) is 25.6 Å². The Morgan fingerprint density at radius 3 is 2.55 bits per heavy atom. The van der Waals surface area contributed by atoms with E-state index in [1.54, 1.807) is 6.92 Å². The van der Waals surface area contributed by atoms with Crippen LogP contribution in [0.1, 0.15) is 18.9 Å². The number of halogens is 5. The third kappa shape index (κ3) is 4.88. The van der Waals surface area contributed by atoms with Crippen LogP contribution in [0, 0.1) is 5.82 Å². The quantitative estimate of drug-likeness (QED) is 0.598. The van der Waals surface area contributed by atoms with Crippen molar-refractivity contribution in [3.63, 3.8) is 0 Å². The first-order valence-electron chi connectivity index (χ1n) is 5.59. The molecule has 0 spiro atoms. The highest BCUT2D eigenvalue weighted by atomic mass is 35.5. The van der Waals surface area contributed by atoms with Crippen LogP contribution in [-0.4, -0.2) is 18.1 Å². The first-order chi connectivity index (χ1) is 9.24. The van der Waals surface area contributed by atoms with E-state index in [1.165, 1.54) is 0 Å². The molecule has 20 heavy (non-hydrogen) atoms. The molecule has 1 aromatic rings. The predicted molar refractivity (Wildman–Crippen MR) is 63.3 cm³/mol. The molecule has 1 atom stereocenters. The minimum absolute atomic E-state index is 0.298. The molecule has 0 radical (unpaired) electrons. The molecule has 0 heterocycles. The van der Waals surface area contributed by atoms with Gasteiger partial charge in [0.25, 0.3) is 0 Å². The summed E-state index contributed by atoms with van der Waals surface area (Å²) >= 11 is 5.01. The standard InChI is InChI=1S/C12H11ClF4O3/c1-2-8(20-11(13)18)6-19-10-5-7(12(15,16)17)3-4-9(10)14/h3-5,8H,2,6H2,1H3. The lowest BCUT2D eigenvalue weighted by Gasteiger charge is -2.16. The monoisotopic (exact) mass is 314 g/mol. The van der Waals surface area contributed by atoms with Gasteiger partial charge in [-0.15, -0.1) is 0 Å². The lowest BCUT2D eigenvalue weighted by molar-refractivity contribution is -0.137. The van der Waals surface area contributed by atoms with Crippen LogP contribution in [0.3, 0.4) is 0 Å². The number of carbonyl (C=O) groups excluding carboxylic acids is 1. The molecule has 112 valence electrons. The molecular weight excluding hydrogens is 304 g/mol. The molecule has 0 aromatic heterocycles. The van der Waals surface area contributed by atoms with E-state index in [2.05, 4.69) is 4.74 Å². The fourth-order valence-electron chi connectivity index (χ4n) is 1.34. The van der Waals surface area contributed by atoms with Crippen LogP contribution in [0.2, 0.25) is 0 Å². The molecule has 0 aliphatic heterocycles. The topological polar surface area (TPSA) is 35.5 Å². The van der Waals surface area contributed by atoms with E-state index >= 15 is 0 Å². The maximum absolute atomic E-state index is 13.3. The van der Waals surface area contributed by atoms with E-state index in [-0.39, 0.29) is 6.61 Å². The molecule has 0 saturated carbocycles. The summed E-state index contributed by atoms with van der Waals surface area (Å²) in [6, 6.07) is 1.82. The summed E-state index contributed by atoms with van der Waals surface area (Å²) in [6.45, 7) is 1.35. The molecule has 0 aliphatic carbocycles. The van der Waals surface area contributed by atoms with Crippen molar-refractivity contribution in [2.75, 3.05) is 6.61 Å². The third-order valence-electron chi connectivity index (χ3n) is 2.40. The minimum atomic E-state index is -4.60. The molecule has 1 rings (SSSR count). The van der Waals surface area contributed by atoms with E-state index in [9.17, 15) is 22.4 Å². The van der Waals surface area contributed by atoms with Crippen LogP contribution in [0.15, 0.2) is 18.2 Å². The molecule has 1 unspecified atom stereocenters. The largest absolute Gasteiger partial charge is 0.487 e. The molecule has 8 heteroatoms. The summed E-state index contributed by atoms with van der Waals surface area (Å²) < 4.78 is 60.3. The van der Waals surface area contributed by atoms with E-state index in [1.807, 2.05) is 0 Å². The Labute approximate surface area is 117 Å². The van der Waals surface area contributed by atoms with E-state index in [0.717, 1.165) is 0 Å². The molecule has 3 nitrogen and oxygen atoms in total. The molecule has 0 saturated heterocycles. The van der Waals surface area contributed by atoms with Gasteiger partial charge in [-0.1, -0.05) is 6.92 Å². The maximum atomic E-state index is 13.3. The van der Waals surface area contributed by atoms with Crippen LogP contribution in [0.25, 0.3) is 0 Å². The van der Waals surface area contributed by atoms with Crippen molar-refractivity contribution in [3.05, 3.63) is 29.6 Å². The zero-order valence-corrected chi connectivity index (χ0v) is 11.1. The van der Waals surface area contributed by atoms with Crippen molar-refractivity contribution >= 4 is 17.0 Å². The number of benzene rings is 1. The molecule has 0 amide bonds. The average molecular weight is 315 g/mol. The van der Waals surface area contributed by atoms with Gasteiger partial charge in [-0.2, -0.15) is 13.2 Å². The fourth-order valence-corrected chi connectivity index (χ4v) is 1.47. The van der Waals surface area contributed by atoms with Gasteiger partial charge in [-0.05, 0) is 24.6 Å². The van der Waals surface area contributed by atoms with Gasteiger partial charge in [0.15, 0.2) is 11.6 Å². The second kappa shape index (κ2) is 6.78. The zero-order chi connectivity index (χ0) is 15.3. The Morgan fingerprint density at radius 2 is 2.05 bits per heavy atom. The van der Waals surface area contributed by atoms with E-state index in [0.29, 0.717) is 24.6 Å². The Balaban J connectivity index is 2.79. The molecule has 0 fully saturated rings. The van der Waals surface area contributed by atoms with Crippen molar-refractivity contribution in [3.8, 4) is 5.75 Å². The Bertz CT molecular complexity index is 476. The van der Waals surface area contributed by atoms with Gasteiger partial charge >= 0.3 is 11.6 Å². The van der Waals surface area contributed by atoms with Crippen LogP contribution in [0.5, 0.6) is 5.75 Å². The zero-order valence-electron chi connectivity index (χ0n) is 10.3. The Kier molecular flexibility index (Phi) is 5.62. The van der Waals surface area contributed by atoms with Crippen LogP contribution in [0.4, 0.5) is 22.4 Å². The predicted octanol–water partition coefficient (Wildman–Crippen LogP) is 4.38. The molecular formula is C12H11ClF4O3. The number of hydrogen-bond acceptors (Lipinski definition) is 3. The highest BCUT2D eigenvalue weighted by Crippen LogP contribution is 2.32. The molecule has 1 aromatic carbocycles. The number of hydrogen-bond donors (Lipinski definition) is 0. The summed E-state index contributed by atoms with van der Waals surface area (Å²) in [5.74, 6) is -1.51. The first kappa shape index (κ1) is 16.6. The minimum Gasteiger partial charge on any atom is -0.487 e. The smallest absolute Gasteiger partial charge is 0.416 e. The van der Waals surface area contributed by atoms with Gasteiger partial charge in [0.05, 0.1) is 5.56 Å². The summed E-state index contributed by atoms with van der Waals surface area (Å²) in [5, 5.41) is 0. The Morgan fingerprint density at radius 1 is 1.40 bits per heavy atom. The number of carbonyl (C=O) groups is 1. The van der Waals surface area contributed by atoms with Gasteiger partial charge in [0.1, 0.15) is 12.7 Å². The molecule has 0 bridgehead atoms. The van der Waals surface area contributed by atoms with Gasteiger partial charge < -0.3 is 9.47 Å². The highest BCUT2D eigenvalue weighted by Gasteiger charge is 2.31. The van der Waals surface area contributed by atoms with Crippen molar-refractivity contribution in [1.82, 2.24) is 0 Å². The van der Waals surface area contributed by atoms with Gasteiger partial charge in [-0.3, -0.25) is 0 Å². The lowest BCUT2D eigenvalue weighted by Crippen LogP contribution is -2.22. The number of rotatable bonds is 5. The summed E-state index contributed by atoms with van der Waals surface area (Å²) in [4.78, 5) is 10.5. The average Bonchev–Trinajstić information content (AvgIpc) is 2.34. The van der Waals surface area contributed by atoms with Crippen molar-refractivity contribution in [2.24, 2.45) is 0 Å². The maximum Gasteiger partial charge on any atom is 0.416 e. The number of ether oxygens (including phenoxy) is 2. The van der Waals surface area contributed by atoms with E-state index in [4.69, 9.17) is 16.3 Å². The van der Waals surface area contributed by atoms with Gasteiger partial charge in [0, 0.05) is 11.6 Å². The van der Waals surface area contributed by atoms with Crippen LogP contribution < -0.4 is 4.74 Å². The third-order valence-corrected chi connectivity index (χ3v) is 2.49. The van der Waals surface area contributed by atoms with Gasteiger partial charge in [-0.25, -0.2) is 9.18 Å². The van der Waals surface area contributed by atoms with Crippen LogP contribution in [-0.2, 0) is 10.9 Å².